The molecule has 1 N–H and O–H groups in total. The molecule has 19 heavy (non-hydrogen) atoms. The minimum absolute atomic E-state index is 0.118. The Hall–Kier alpha value is -1.72. The van der Waals surface area contributed by atoms with Gasteiger partial charge in [0, 0.05) is 6.20 Å². The topological polar surface area (TPSA) is 42.0 Å². The first-order chi connectivity index (χ1) is 9.00. The van der Waals surface area contributed by atoms with Crippen LogP contribution < -0.4 is 5.32 Å². The van der Waals surface area contributed by atoms with Crippen molar-refractivity contribution in [2.24, 2.45) is 0 Å². The van der Waals surface area contributed by atoms with Crippen molar-refractivity contribution in [3.05, 3.63) is 57.8 Å². The fraction of sp³-hybridized carbons (Fsp3) is 0. The van der Waals surface area contributed by atoms with E-state index in [1.54, 1.807) is 6.07 Å². The Kier molecular flexibility index (Phi) is 3.97. The maximum atomic E-state index is 13.4. The van der Waals surface area contributed by atoms with Crippen LogP contribution in [0.2, 0.25) is 10.0 Å². The standard InChI is InChI=1S/C12H6Cl2F2N2O/c13-7-2-1-3-8(9(7)14)18-12(19)6-4-5-17-11(16)10(6)15/h1-5H,(H,18,19). The molecule has 0 unspecified atom stereocenters. The number of benzene rings is 1. The second kappa shape index (κ2) is 5.50. The van der Waals surface area contributed by atoms with Gasteiger partial charge in [0.05, 0.1) is 21.3 Å². The van der Waals surface area contributed by atoms with Crippen LogP contribution in [0.5, 0.6) is 0 Å². The minimum Gasteiger partial charge on any atom is -0.320 e. The molecule has 0 fully saturated rings. The molecule has 1 amide bonds. The Morgan fingerprint density at radius 1 is 1.21 bits per heavy atom. The predicted octanol–water partition coefficient (Wildman–Crippen LogP) is 3.92. The first kappa shape index (κ1) is 13.7. The summed E-state index contributed by atoms with van der Waals surface area (Å²) >= 11 is 11.6. The summed E-state index contributed by atoms with van der Waals surface area (Å²) in [6.07, 6.45) is 0.993. The first-order valence-electron chi connectivity index (χ1n) is 5.06. The van der Waals surface area contributed by atoms with E-state index in [-0.39, 0.29) is 15.7 Å². The molecule has 0 aliphatic carbocycles. The fourth-order valence-corrected chi connectivity index (χ4v) is 1.73. The highest BCUT2D eigenvalue weighted by atomic mass is 35.5. The molecule has 0 bridgehead atoms. The van der Waals surface area contributed by atoms with Gasteiger partial charge < -0.3 is 5.32 Å². The molecule has 0 aliphatic rings. The van der Waals surface area contributed by atoms with Crippen LogP contribution >= 0.6 is 23.2 Å². The molecular formula is C12H6Cl2F2N2O. The van der Waals surface area contributed by atoms with Crippen LogP contribution in [0.4, 0.5) is 14.5 Å². The quantitative estimate of drug-likeness (QED) is 0.854. The highest BCUT2D eigenvalue weighted by Crippen LogP contribution is 2.29. The van der Waals surface area contributed by atoms with Gasteiger partial charge in [0.2, 0.25) is 5.95 Å². The molecule has 0 saturated heterocycles. The second-order valence-corrected chi connectivity index (χ2v) is 4.30. The Bertz CT molecular complexity index is 650. The average Bonchev–Trinajstić information content (AvgIpc) is 2.38. The number of carbonyl (C=O) groups excluding carboxylic acids is 1. The van der Waals surface area contributed by atoms with Crippen molar-refractivity contribution in [1.29, 1.82) is 0 Å². The van der Waals surface area contributed by atoms with E-state index < -0.39 is 23.2 Å². The van der Waals surface area contributed by atoms with Gasteiger partial charge in [-0.3, -0.25) is 4.79 Å². The van der Waals surface area contributed by atoms with Gasteiger partial charge >= 0.3 is 0 Å². The smallest absolute Gasteiger partial charge is 0.258 e. The number of halogens is 4. The lowest BCUT2D eigenvalue weighted by atomic mass is 10.2. The lowest BCUT2D eigenvalue weighted by Gasteiger charge is -2.08. The summed E-state index contributed by atoms with van der Waals surface area (Å²) in [4.78, 5) is 14.9. The molecule has 98 valence electrons. The van der Waals surface area contributed by atoms with E-state index in [9.17, 15) is 13.6 Å². The minimum atomic E-state index is -1.34. The van der Waals surface area contributed by atoms with Gasteiger partial charge in [0.25, 0.3) is 5.91 Å². The number of hydrogen-bond donors (Lipinski definition) is 1. The number of nitrogens with zero attached hydrogens (tertiary/aromatic N) is 1. The van der Waals surface area contributed by atoms with E-state index in [1.807, 2.05) is 0 Å². The molecular weight excluding hydrogens is 297 g/mol. The Balaban J connectivity index is 2.31. The number of pyridine rings is 1. The van der Waals surface area contributed by atoms with Crippen molar-refractivity contribution in [1.82, 2.24) is 4.98 Å². The number of rotatable bonds is 2. The van der Waals surface area contributed by atoms with Crippen LogP contribution in [0.25, 0.3) is 0 Å². The average molecular weight is 303 g/mol. The maximum absolute atomic E-state index is 13.4. The number of hydrogen-bond acceptors (Lipinski definition) is 2. The third-order valence-electron chi connectivity index (χ3n) is 2.29. The molecule has 7 heteroatoms. The van der Waals surface area contributed by atoms with Crippen LogP contribution in [0.15, 0.2) is 30.5 Å². The zero-order chi connectivity index (χ0) is 14.0. The fourth-order valence-electron chi connectivity index (χ4n) is 1.38. The van der Waals surface area contributed by atoms with E-state index in [1.165, 1.54) is 12.1 Å². The summed E-state index contributed by atoms with van der Waals surface area (Å²) in [5, 5.41) is 2.70. The van der Waals surface area contributed by atoms with Crippen LogP contribution in [0, 0.1) is 11.8 Å². The second-order valence-electron chi connectivity index (χ2n) is 3.52. The molecule has 0 radical (unpaired) electrons. The van der Waals surface area contributed by atoms with Crippen molar-refractivity contribution >= 4 is 34.8 Å². The lowest BCUT2D eigenvalue weighted by Crippen LogP contribution is -2.15. The van der Waals surface area contributed by atoms with Crippen molar-refractivity contribution < 1.29 is 13.6 Å². The summed E-state index contributed by atoms with van der Waals surface area (Å²) in [6.45, 7) is 0. The Morgan fingerprint density at radius 3 is 2.68 bits per heavy atom. The Morgan fingerprint density at radius 2 is 1.95 bits per heavy atom. The lowest BCUT2D eigenvalue weighted by molar-refractivity contribution is 0.102. The molecule has 0 aliphatic heterocycles. The summed E-state index contributed by atoms with van der Waals surface area (Å²) in [6, 6.07) is 5.65. The van der Waals surface area contributed by atoms with E-state index in [2.05, 4.69) is 10.3 Å². The van der Waals surface area contributed by atoms with Crippen molar-refractivity contribution in [2.75, 3.05) is 5.32 Å². The van der Waals surface area contributed by atoms with Crippen LogP contribution in [-0.4, -0.2) is 10.9 Å². The van der Waals surface area contributed by atoms with Gasteiger partial charge in [0.1, 0.15) is 0 Å². The molecule has 2 rings (SSSR count). The summed E-state index contributed by atoms with van der Waals surface area (Å²) < 4.78 is 26.3. The highest BCUT2D eigenvalue weighted by molar-refractivity contribution is 6.44. The van der Waals surface area contributed by atoms with Gasteiger partial charge in [-0.2, -0.15) is 4.39 Å². The first-order valence-corrected chi connectivity index (χ1v) is 5.81. The summed E-state index contributed by atoms with van der Waals surface area (Å²) in [5.41, 5.74) is -0.265. The van der Waals surface area contributed by atoms with Gasteiger partial charge in [-0.25, -0.2) is 9.37 Å². The molecule has 2 aromatic rings. The van der Waals surface area contributed by atoms with Crippen LogP contribution in [0.3, 0.4) is 0 Å². The van der Waals surface area contributed by atoms with Crippen LogP contribution in [-0.2, 0) is 0 Å². The number of anilines is 1. The number of nitrogens with one attached hydrogen (secondary N) is 1. The molecule has 3 nitrogen and oxygen atoms in total. The van der Waals surface area contributed by atoms with Crippen molar-refractivity contribution in [3.8, 4) is 0 Å². The molecule has 1 aromatic heterocycles. The summed E-state index contributed by atoms with van der Waals surface area (Å²) in [5.74, 6) is -3.51. The van der Waals surface area contributed by atoms with Gasteiger partial charge in [-0.15, -0.1) is 0 Å². The Labute approximate surface area is 117 Å². The molecule has 0 spiro atoms. The monoisotopic (exact) mass is 302 g/mol. The number of aromatic nitrogens is 1. The molecule has 1 aromatic carbocycles. The predicted molar refractivity (Wildman–Crippen MR) is 68.6 cm³/mol. The van der Waals surface area contributed by atoms with E-state index in [0.29, 0.717) is 0 Å². The van der Waals surface area contributed by atoms with E-state index in [0.717, 1.165) is 12.3 Å². The van der Waals surface area contributed by atoms with Crippen molar-refractivity contribution in [2.45, 2.75) is 0 Å². The summed E-state index contributed by atoms with van der Waals surface area (Å²) in [7, 11) is 0. The van der Waals surface area contributed by atoms with E-state index in [4.69, 9.17) is 23.2 Å². The third-order valence-corrected chi connectivity index (χ3v) is 3.11. The zero-order valence-corrected chi connectivity index (χ0v) is 10.8. The van der Waals surface area contributed by atoms with E-state index >= 15 is 0 Å². The number of amides is 1. The highest BCUT2D eigenvalue weighted by Gasteiger charge is 2.17. The maximum Gasteiger partial charge on any atom is 0.258 e. The van der Waals surface area contributed by atoms with Gasteiger partial charge in [-0.1, -0.05) is 29.3 Å². The molecule has 0 atom stereocenters. The number of carbonyl (C=O) groups is 1. The normalized spacial score (nSPS) is 10.3. The third kappa shape index (κ3) is 2.83. The van der Waals surface area contributed by atoms with Gasteiger partial charge in [0.15, 0.2) is 5.82 Å². The largest absolute Gasteiger partial charge is 0.320 e. The van der Waals surface area contributed by atoms with Gasteiger partial charge in [-0.05, 0) is 18.2 Å². The SMILES string of the molecule is O=C(Nc1cccc(Cl)c1Cl)c1ccnc(F)c1F. The van der Waals surface area contributed by atoms with Crippen molar-refractivity contribution in [3.63, 3.8) is 0 Å². The zero-order valence-electron chi connectivity index (χ0n) is 9.25. The molecule has 1 heterocycles. The molecule has 0 saturated carbocycles. The van der Waals surface area contributed by atoms with Crippen LogP contribution in [0.1, 0.15) is 10.4 Å².